The lowest BCUT2D eigenvalue weighted by molar-refractivity contribution is -0.136. The van der Waals surface area contributed by atoms with Crippen molar-refractivity contribution in [2.24, 2.45) is 0 Å². The van der Waals surface area contributed by atoms with Crippen molar-refractivity contribution in [1.82, 2.24) is 40.4 Å². The van der Waals surface area contributed by atoms with Gasteiger partial charge in [-0.2, -0.15) is 0 Å². The van der Waals surface area contributed by atoms with E-state index in [2.05, 4.69) is 36.2 Å². The number of rotatable bonds is 5. The molecular weight excluding hydrogens is 622 g/mol. The number of pyridine rings is 1. The van der Waals surface area contributed by atoms with E-state index in [4.69, 9.17) is 0 Å². The molecule has 0 radical (unpaired) electrons. The molecule has 1 aliphatic heterocycles. The van der Waals surface area contributed by atoms with Crippen LogP contribution < -0.4 is 21.3 Å². The number of H-pyrrole nitrogens is 1. The van der Waals surface area contributed by atoms with Crippen LogP contribution in [-0.4, -0.2) is 86.8 Å². The predicted octanol–water partition coefficient (Wildman–Crippen LogP) is 2.92. The van der Waals surface area contributed by atoms with E-state index in [-0.39, 0.29) is 42.8 Å². The summed E-state index contributed by atoms with van der Waals surface area (Å²) in [6.07, 6.45) is 3.50. The maximum atomic E-state index is 13.5. The number of imidazole rings is 1. The highest BCUT2D eigenvalue weighted by atomic mass is 16.2. The minimum absolute atomic E-state index is 0.0757. The van der Waals surface area contributed by atoms with E-state index < -0.39 is 11.9 Å². The standard InChI is InChI=1S/C36H41N9O4/c1-24-41-28-11-4-5-13-31(28)45(24)20-15-34(47)44-19-7-6-16-39-35(48)30(21-25-22-40-27-10-3-2-9-26(25)27)43-36(49)29-12-8-14-32(42-29)37-17-18-38-33(46)23-44/h2-5,8-14,22,30,40H,6-7,15-21,23H2,1H3,(H,37,42)(H,38,46)(H,39,48)(H,43,49)/t30-/m0/s1. The summed E-state index contributed by atoms with van der Waals surface area (Å²) in [5, 5.41) is 12.8. The normalized spacial score (nSPS) is 17.0. The third kappa shape index (κ3) is 8.23. The van der Waals surface area contributed by atoms with Crippen LogP contribution in [0.2, 0.25) is 0 Å². The molecule has 5 N–H and O–H groups in total. The highest BCUT2D eigenvalue weighted by Crippen LogP contribution is 2.20. The van der Waals surface area contributed by atoms with Crippen molar-refractivity contribution in [3.8, 4) is 0 Å². The molecule has 4 heterocycles. The Balaban J connectivity index is 1.15. The molecule has 0 fully saturated rings. The van der Waals surface area contributed by atoms with E-state index in [0.29, 0.717) is 51.4 Å². The molecule has 2 bridgehead atoms. The molecule has 0 saturated carbocycles. The van der Waals surface area contributed by atoms with Gasteiger partial charge >= 0.3 is 0 Å². The van der Waals surface area contributed by atoms with E-state index >= 15 is 0 Å². The molecule has 254 valence electrons. The number of carbonyl (C=O) groups excluding carboxylic acids is 4. The summed E-state index contributed by atoms with van der Waals surface area (Å²) < 4.78 is 2.02. The van der Waals surface area contributed by atoms with Gasteiger partial charge < -0.3 is 35.7 Å². The second kappa shape index (κ2) is 15.5. The molecule has 0 spiro atoms. The quantitative estimate of drug-likeness (QED) is 0.193. The van der Waals surface area contributed by atoms with Gasteiger partial charge in [0.2, 0.25) is 17.7 Å². The number of aromatic amines is 1. The van der Waals surface area contributed by atoms with Crippen LogP contribution in [0.3, 0.4) is 0 Å². The summed E-state index contributed by atoms with van der Waals surface area (Å²) in [4.78, 5) is 67.1. The van der Waals surface area contributed by atoms with Crippen LogP contribution in [0.1, 0.15) is 41.1 Å². The number of hydrogen-bond donors (Lipinski definition) is 5. The molecule has 13 nitrogen and oxygen atoms in total. The van der Waals surface area contributed by atoms with Crippen molar-refractivity contribution in [3.05, 3.63) is 90.0 Å². The van der Waals surface area contributed by atoms with Crippen molar-refractivity contribution in [1.29, 1.82) is 0 Å². The van der Waals surface area contributed by atoms with Crippen LogP contribution in [0.15, 0.2) is 72.9 Å². The van der Waals surface area contributed by atoms with Gasteiger partial charge in [0.05, 0.1) is 17.6 Å². The zero-order chi connectivity index (χ0) is 34.2. The second-order valence-electron chi connectivity index (χ2n) is 12.1. The first-order valence-corrected chi connectivity index (χ1v) is 16.7. The molecule has 1 aliphatic rings. The number of nitrogens with zero attached hydrogens (tertiary/aromatic N) is 4. The number of aryl methyl sites for hydroxylation is 2. The van der Waals surface area contributed by atoms with Gasteiger partial charge in [0.25, 0.3) is 5.91 Å². The van der Waals surface area contributed by atoms with Gasteiger partial charge in [-0.05, 0) is 55.7 Å². The first-order valence-electron chi connectivity index (χ1n) is 16.7. The number of amides is 4. The Morgan fingerprint density at radius 1 is 0.878 bits per heavy atom. The fraction of sp³-hybridized carbons (Fsp3) is 0.333. The number of carbonyl (C=O) groups is 4. The van der Waals surface area contributed by atoms with E-state index in [1.807, 2.05) is 66.2 Å². The maximum Gasteiger partial charge on any atom is 0.270 e. The number of hydrogen-bond acceptors (Lipinski definition) is 7. The molecule has 0 aliphatic carbocycles. The topological polar surface area (TPSA) is 166 Å². The van der Waals surface area contributed by atoms with Gasteiger partial charge in [0.1, 0.15) is 23.4 Å². The molecule has 3 aromatic heterocycles. The summed E-state index contributed by atoms with van der Waals surface area (Å²) >= 11 is 0. The van der Waals surface area contributed by atoms with Gasteiger partial charge in [-0.3, -0.25) is 19.2 Å². The Bertz CT molecular complexity index is 1970. The Morgan fingerprint density at radius 2 is 1.69 bits per heavy atom. The molecule has 1 atom stereocenters. The summed E-state index contributed by atoms with van der Waals surface area (Å²) in [5.41, 5.74) is 3.85. The van der Waals surface area contributed by atoms with Gasteiger partial charge in [-0.25, -0.2) is 9.97 Å². The fourth-order valence-electron chi connectivity index (χ4n) is 6.14. The van der Waals surface area contributed by atoms with Crippen molar-refractivity contribution in [2.75, 3.05) is 38.0 Å². The van der Waals surface area contributed by atoms with E-state index in [1.54, 1.807) is 23.1 Å². The lowest BCUT2D eigenvalue weighted by Crippen LogP contribution is -2.48. The van der Waals surface area contributed by atoms with Gasteiger partial charge in [-0.15, -0.1) is 0 Å². The van der Waals surface area contributed by atoms with Crippen LogP contribution in [0.5, 0.6) is 0 Å². The van der Waals surface area contributed by atoms with E-state index in [0.717, 1.165) is 33.3 Å². The summed E-state index contributed by atoms with van der Waals surface area (Å²) in [6.45, 7) is 3.63. The van der Waals surface area contributed by atoms with E-state index in [9.17, 15) is 19.2 Å². The van der Waals surface area contributed by atoms with Crippen LogP contribution in [0.25, 0.3) is 21.9 Å². The number of nitrogens with one attached hydrogen (secondary N) is 5. The molecular formula is C36H41N9O4. The first kappa shape index (κ1) is 33.2. The Morgan fingerprint density at radius 3 is 2.59 bits per heavy atom. The zero-order valence-electron chi connectivity index (χ0n) is 27.5. The number of benzene rings is 2. The number of para-hydroxylation sites is 3. The fourth-order valence-corrected chi connectivity index (χ4v) is 6.14. The molecule has 4 amide bonds. The Kier molecular flexibility index (Phi) is 10.5. The average molecular weight is 664 g/mol. The molecule has 13 heteroatoms. The second-order valence-corrected chi connectivity index (χ2v) is 12.1. The zero-order valence-corrected chi connectivity index (χ0v) is 27.5. The highest BCUT2D eigenvalue weighted by Gasteiger charge is 2.24. The van der Waals surface area contributed by atoms with Crippen molar-refractivity contribution < 1.29 is 19.2 Å². The molecule has 0 unspecified atom stereocenters. The number of anilines is 1. The van der Waals surface area contributed by atoms with Crippen LogP contribution >= 0.6 is 0 Å². The number of aromatic nitrogens is 4. The largest absolute Gasteiger partial charge is 0.368 e. The lowest BCUT2D eigenvalue weighted by atomic mass is 10.0. The van der Waals surface area contributed by atoms with Crippen molar-refractivity contribution in [3.63, 3.8) is 0 Å². The number of fused-ring (bicyclic) bond motifs is 4. The van der Waals surface area contributed by atoms with Crippen LogP contribution in [0, 0.1) is 6.92 Å². The minimum atomic E-state index is -0.852. The first-order chi connectivity index (χ1) is 23.9. The van der Waals surface area contributed by atoms with Gasteiger partial charge in [0, 0.05) is 62.7 Å². The average Bonchev–Trinajstić information content (AvgIpc) is 3.67. The Hall–Kier alpha value is -5.72. The molecule has 49 heavy (non-hydrogen) atoms. The van der Waals surface area contributed by atoms with Crippen LogP contribution in [-0.2, 0) is 27.3 Å². The third-order valence-corrected chi connectivity index (χ3v) is 8.69. The highest BCUT2D eigenvalue weighted by molar-refractivity contribution is 5.97. The van der Waals surface area contributed by atoms with Gasteiger partial charge in [-0.1, -0.05) is 36.4 Å². The summed E-state index contributed by atoms with van der Waals surface area (Å²) in [7, 11) is 0. The predicted molar refractivity (Wildman–Crippen MR) is 187 cm³/mol. The lowest BCUT2D eigenvalue weighted by Gasteiger charge is -2.23. The van der Waals surface area contributed by atoms with E-state index in [1.165, 1.54) is 0 Å². The summed E-state index contributed by atoms with van der Waals surface area (Å²) in [6, 6.07) is 19.8. The molecule has 2 aromatic carbocycles. The Labute approximate surface area is 283 Å². The van der Waals surface area contributed by atoms with Crippen molar-refractivity contribution >= 4 is 51.4 Å². The van der Waals surface area contributed by atoms with Crippen molar-refractivity contribution in [2.45, 2.75) is 45.2 Å². The molecule has 5 aromatic rings. The van der Waals surface area contributed by atoms with Crippen LogP contribution in [0.4, 0.5) is 5.82 Å². The third-order valence-electron chi connectivity index (χ3n) is 8.69. The molecule has 0 saturated heterocycles. The minimum Gasteiger partial charge on any atom is -0.368 e. The smallest absolute Gasteiger partial charge is 0.270 e. The monoisotopic (exact) mass is 663 g/mol. The SMILES string of the molecule is Cc1nc2ccccc2n1CCC(=O)N1CCCCNC(=O)[C@H](Cc2c[nH]c3ccccc23)NC(=O)c2cccc(n2)NCCNC(=O)C1. The molecule has 6 rings (SSSR count). The van der Waals surface area contributed by atoms with Gasteiger partial charge in [0.15, 0.2) is 0 Å². The summed E-state index contributed by atoms with van der Waals surface area (Å²) in [5.74, 6) is 0.0833. The maximum absolute atomic E-state index is 13.5.